The number of anilines is 2. The zero-order valence-electron chi connectivity index (χ0n) is 12.1. The van der Waals surface area contributed by atoms with Gasteiger partial charge in [-0.2, -0.15) is 5.26 Å². The normalized spacial score (nSPS) is 10.4. The first-order valence-electron chi connectivity index (χ1n) is 7.06. The van der Waals surface area contributed by atoms with Gasteiger partial charge in [-0.1, -0.05) is 31.2 Å². The van der Waals surface area contributed by atoms with Gasteiger partial charge in [-0.25, -0.2) is 4.39 Å². The van der Waals surface area contributed by atoms with Crippen molar-refractivity contribution in [3.63, 3.8) is 0 Å². The second-order valence-electron chi connectivity index (χ2n) is 4.97. The molecule has 1 heterocycles. The lowest BCUT2D eigenvalue weighted by molar-refractivity contribution is 0.637. The number of rotatable bonds is 3. The molecule has 1 aromatic heterocycles. The Morgan fingerprint density at radius 3 is 2.64 bits per heavy atom. The minimum absolute atomic E-state index is 0.258. The molecule has 0 bridgehead atoms. The Labute approximate surface area is 128 Å². The predicted octanol–water partition coefficient (Wildman–Crippen LogP) is 4.55. The molecule has 0 fully saturated rings. The highest BCUT2D eigenvalue weighted by Gasteiger charge is 2.11. The van der Waals surface area contributed by atoms with Crippen LogP contribution in [0.1, 0.15) is 18.1 Å². The van der Waals surface area contributed by atoms with E-state index in [-0.39, 0.29) is 5.52 Å². The van der Waals surface area contributed by atoms with Crippen LogP contribution in [0.2, 0.25) is 0 Å². The van der Waals surface area contributed by atoms with Crippen molar-refractivity contribution < 1.29 is 4.39 Å². The van der Waals surface area contributed by atoms with Crippen LogP contribution in [0.5, 0.6) is 0 Å². The summed E-state index contributed by atoms with van der Waals surface area (Å²) < 4.78 is 13.9. The minimum Gasteiger partial charge on any atom is -0.354 e. The van der Waals surface area contributed by atoms with Gasteiger partial charge in [0.05, 0.1) is 11.3 Å². The van der Waals surface area contributed by atoms with Crippen molar-refractivity contribution in [3.05, 3.63) is 65.6 Å². The predicted molar refractivity (Wildman–Crippen MR) is 85.5 cm³/mol. The molecule has 0 saturated heterocycles. The smallest absolute Gasteiger partial charge is 0.149 e. The Morgan fingerprint density at radius 1 is 1.18 bits per heavy atom. The number of pyridine rings is 1. The van der Waals surface area contributed by atoms with Crippen molar-refractivity contribution in [1.82, 2.24) is 4.98 Å². The molecule has 3 aromatic rings. The van der Waals surface area contributed by atoms with Crippen molar-refractivity contribution in [1.29, 1.82) is 5.26 Å². The van der Waals surface area contributed by atoms with Gasteiger partial charge >= 0.3 is 0 Å². The molecule has 0 saturated carbocycles. The molecule has 4 heteroatoms. The molecule has 3 rings (SSSR count). The van der Waals surface area contributed by atoms with Gasteiger partial charge in [0, 0.05) is 17.3 Å². The highest BCUT2D eigenvalue weighted by Crippen LogP contribution is 2.29. The van der Waals surface area contributed by atoms with E-state index < -0.39 is 5.82 Å². The maximum Gasteiger partial charge on any atom is 0.149 e. The van der Waals surface area contributed by atoms with Gasteiger partial charge in [-0.05, 0) is 30.2 Å². The fourth-order valence-electron chi connectivity index (χ4n) is 2.37. The largest absolute Gasteiger partial charge is 0.354 e. The summed E-state index contributed by atoms with van der Waals surface area (Å²) in [7, 11) is 0. The van der Waals surface area contributed by atoms with Crippen LogP contribution in [0.15, 0.2) is 48.7 Å². The van der Waals surface area contributed by atoms with Gasteiger partial charge in [-0.15, -0.1) is 0 Å². The van der Waals surface area contributed by atoms with Crippen molar-refractivity contribution in [2.75, 3.05) is 5.32 Å². The summed E-state index contributed by atoms with van der Waals surface area (Å²) in [6.45, 7) is 2.09. The Kier molecular flexibility index (Phi) is 3.71. The van der Waals surface area contributed by atoms with E-state index in [2.05, 4.69) is 23.3 Å². The SMILES string of the molecule is CCc1ccc(Nc2c(C#N)cnc3c(F)cccc23)cc1. The lowest BCUT2D eigenvalue weighted by atomic mass is 10.1. The summed E-state index contributed by atoms with van der Waals surface area (Å²) in [6.07, 6.45) is 2.36. The van der Waals surface area contributed by atoms with Gasteiger partial charge < -0.3 is 5.32 Å². The number of fused-ring (bicyclic) bond motifs is 1. The monoisotopic (exact) mass is 291 g/mol. The molecule has 0 amide bonds. The molecule has 0 aliphatic carbocycles. The van der Waals surface area contributed by atoms with E-state index >= 15 is 0 Å². The molecule has 0 aliphatic rings. The van der Waals surface area contributed by atoms with Crippen molar-refractivity contribution >= 4 is 22.3 Å². The third kappa shape index (κ3) is 2.49. The lowest BCUT2D eigenvalue weighted by Crippen LogP contribution is -1.98. The van der Waals surface area contributed by atoms with Crippen LogP contribution in [0.25, 0.3) is 10.9 Å². The molecule has 1 N–H and O–H groups in total. The summed E-state index contributed by atoms with van der Waals surface area (Å²) in [4.78, 5) is 4.04. The van der Waals surface area contributed by atoms with Crippen LogP contribution in [0.3, 0.4) is 0 Å². The van der Waals surface area contributed by atoms with Crippen LogP contribution in [0.4, 0.5) is 15.8 Å². The highest BCUT2D eigenvalue weighted by molar-refractivity contribution is 5.95. The molecule has 0 radical (unpaired) electrons. The van der Waals surface area contributed by atoms with Crippen molar-refractivity contribution in [3.8, 4) is 6.07 Å². The molecule has 0 aliphatic heterocycles. The first kappa shape index (κ1) is 14.0. The average molecular weight is 291 g/mol. The Balaban J connectivity index is 2.12. The highest BCUT2D eigenvalue weighted by atomic mass is 19.1. The second-order valence-corrected chi connectivity index (χ2v) is 4.97. The summed E-state index contributed by atoms with van der Waals surface area (Å²) >= 11 is 0. The summed E-state index contributed by atoms with van der Waals surface area (Å²) in [5, 5.41) is 13.1. The Morgan fingerprint density at radius 2 is 1.95 bits per heavy atom. The number of hydrogen-bond acceptors (Lipinski definition) is 3. The molecule has 3 nitrogen and oxygen atoms in total. The zero-order chi connectivity index (χ0) is 15.5. The van der Waals surface area contributed by atoms with Gasteiger partial charge in [0.25, 0.3) is 0 Å². The second kappa shape index (κ2) is 5.82. The van der Waals surface area contributed by atoms with Crippen LogP contribution < -0.4 is 5.32 Å². The number of para-hydroxylation sites is 1. The number of halogens is 1. The first-order chi connectivity index (χ1) is 10.7. The third-order valence-electron chi connectivity index (χ3n) is 3.60. The molecule has 0 unspecified atom stereocenters. The Hall–Kier alpha value is -2.93. The quantitative estimate of drug-likeness (QED) is 0.770. The fourth-order valence-corrected chi connectivity index (χ4v) is 2.37. The number of nitrogens with one attached hydrogen (secondary N) is 1. The number of hydrogen-bond donors (Lipinski definition) is 1. The topological polar surface area (TPSA) is 48.7 Å². The zero-order valence-corrected chi connectivity index (χ0v) is 12.1. The first-order valence-corrected chi connectivity index (χ1v) is 7.06. The van der Waals surface area contributed by atoms with Gasteiger partial charge in [-0.3, -0.25) is 4.98 Å². The standard InChI is InChI=1S/C18H14FN3/c1-2-12-6-8-14(9-7-12)22-17-13(10-20)11-21-18-15(17)4-3-5-16(18)19/h3-9,11H,2H2,1H3,(H,21,22). The maximum atomic E-state index is 13.9. The van der Waals surface area contributed by atoms with Crippen LogP contribution in [-0.2, 0) is 6.42 Å². The number of aryl methyl sites for hydroxylation is 1. The number of aromatic nitrogens is 1. The van der Waals surface area contributed by atoms with Crippen LogP contribution >= 0.6 is 0 Å². The van der Waals surface area contributed by atoms with Gasteiger partial charge in [0.2, 0.25) is 0 Å². The number of nitrogens with zero attached hydrogens (tertiary/aromatic N) is 2. The van der Waals surface area contributed by atoms with E-state index in [1.165, 1.54) is 17.8 Å². The summed E-state index contributed by atoms with van der Waals surface area (Å²) in [6, 6.07) is 14.8. The molecule has 22 heavy (non-hydrogen) atoms. The molecule has 0 spiro atoms. The van der Waals surface area contributed by atoms with Gasteiger partial charge in [0.15, 0.2) is 0 Å². The van der Waals surface area contributed by atoms with Crippen LogP contribution in [0, 0.1) is 17.1 Å². The van der Waals surface area contributed by atoms with Gasteiger partial charge in [0.1, 0.15) is 17.4 Å². The van der Waals surface area contributed by atoms with E-state index in [9.17, 15) is 9.65 Å². The van der Waals surface area contributed by atoms with E-state index in [0.717, 1.165) is 12.1 Å². The minimum atomic E-state index is -0.397. The Bertz CT molecular complexity index is 864. The summed E-state index contributed by atoms with van der Waals surface area (Å²) in [5.74, 6) is -0.397. The average Bonchev–Trinajstić information content (AvgIpc) is 2.56. The summed E-state index contributed by atoms with van der Waals surface area (Å²) in [5.41, 5.74) is 3.31. The number of nitriles is 1. The molecule has 0 atom stereocenters. The van der Waals surface area contributed by atoms with E-state index in [1.54, 1.807) is 12.1 Å². The van der Waals surface area contributed by atoms with Crippen molar-refractivity contribution in [2.45, 2.75) is 13.3 Å². The van der Waals surface area contributed by atoms with E-state index in [4.69, 9.17) is 0 Å². The fraction of sp³-hybridized carbons (Fsp3) is 0.111. The third-order valence-corrected chi connectivity index (χ3v) is 3.60. The molecule has 108 valence electrons. The molecular formula is C18H14FN3. The van der Waals surface area contributed by atoms with E-state index in [0.29, 0.717) is 16.6 Å². The van der Waals surface area contributed by atoms with Crippen LogP contribution in [-0.4, -0.2) is 4.98 Å². The molecule has 2 aromatic carbocycles. The number of benzene rings is 2. The van der Waals surface area contributed by atoms with Crippen molar-refractivity contribution in [2.24, 2.45) is 0 Å². The molecular weight excluding hydrogens is 277 g/mol. The lowest BCUT2D eigenvalue weighted by Gasteiger charge is -2.12. The maximum absolute atomic E-state index is 13.9. The van der Waals surface area contributed by atoms with E-state index in [1.807, 2.05) is 24.3 Å².